The van der Waals surface area contributed by atoms with Crippen molar-refractivity contribution in [1.82, 2.24) is 0 Å². The van der Waals surface area contributed by atoms with Crippen LogP contribution in [0.25, 0.3) is 0 Å². The van der Waals surface area contributed by atoms with Gasteiger partial charge in [0.25, 0.3) is 0 Å². The van der Waals surface area contributed by atoms with Crippen molar-refractivity contribution < 1.29 is 9.53 Å². The van der Waals surface area contributed by atoms with Crippen molar-refractivity contribution in [3.05, 3.63) is 29.3 Å². The summed E-state index contributed by atoms with van der Waals surface area (Å²) < 4.78 is 5.83. The van der Waals surface area contributed by atoms with Crippen LogP contribution in [0.2, 0.25) is 5.02 Å². The van der Waals surface area contributed by atoms with E-state index in [0.717, 1.165) is 19.4 Å². The predicted octanol–water partition coefficient (Wildman–Crippen LogP) is 3.23. The first kappa shape index (κ1) is 17.5. The molecular formula is C16H22Cl2N2O2. The van der Waals surface area contributed by atoms with Crippen LogP contribution in [0, 0.1) is 11.3 Å². The van der Waals surface area contributed by atoms with Crippen LogP contribution in [0.3, 0.4) is 0 Å². The number of halogens is 2. The summed E-state index contributed by atoms with van der Waals surface area (Å²) in [5.41, 5.74) is 5.94. The first-order valence-corrected chi connectivity index (χ1v) is 7.72. The normalized spacial score (nSPS) is 32.2. The number of benzene rings is 1. The van der Waals surface area contributed by atoms with Gasteiger partial charge >= 0.3 is 0 Å². The lowest BCUT2D eigenvalue weighted by Gasteiger charge is -2.65. The molecule has 3 N–H and O–H groups in total. The van der Waals surface area contributed by atoms with Gasteiger partial charge in [0.05, 0.1) is 6.10 Å². The fourth-order valence-electron chi connectivity index (χ4n) is 3.84. The number of anilines is 1. The summed E-state index contributed by atoms with van der Waals surface area (Å²) in [6.45, 7) is 4.78. The quantitative estimate of drug-likeness (QED) is 0.865. The predicted molar refractivity (Wildman–Crippen MR) is 90.5 cm³/mol. The summed E-state index contributed by atoms with van der Waals surface area (Å²) in [6, 6.07) is 7.12. The third-order valence-electron chi connectivity index (χ3n) is 5.14. The summed E-state index contributed by atoms with van der Waals surface area (Å²) in [4.78, 5) is 12.8. The fraction of sp³-hybridized carbons (Fsp3) is 0.562. The molecule has 122 valence electrons. The maximum absolute atomic E-state index is 12.8. The van der Waals surface area contributed by atoms with Crippen molar-refractivity contribution in [1.29, 1.82) is 0 Å². The van der Waals surface area contributed by atoms with E-state index < -0.39 is 5.54 Å². The second-order valence-corrected chi connectivity index (χ2v) is 7.03. The van der Waals surface area contributed by atoms with Gasteiger partial charge in [-0.25, -0.2) is 0 Å². The number of hydrogen-bond donors (Lipinski definition) is 2. The molecule has 2 aliphatic rings. The summed E-state index contributed by atoms with van der Waals surface area (Å²) in [6.07, 6.45) is 1.97. The lowest BCUT2D eigenvalue weighted by Crippen LogP contribution is -2.81. The van der Waals surface area contributed by atoms with Crippen LogP contribution < -0.4 is 11.1 Å². The molecular weight excluding hydrogens is 323 g/mol. The topological polar surface area (TPSA) is 64.3 Å². The van der Waals surface area contributed by atoms with E-state index in [4.69, 9.17) is 22.1 Å². The van der Waals surface area contributed by atoms with E-state index in [1.807, 2.05) is 19.9 Å². The molecule has 1 heterocycles. The van der Waals surface area contributed by atoms with Gasteiger partial charge in [-0.2, -0.15) is 0 Å². The van der Waals surface area contributed by atoms with E-state index in [1.165, 1.54) is 0 Å². The zero-order valence-corrected chi connectivity index (χ0v) is 14.3. The molecule has 1 amide bonds. The zero-order valence-electron chi connectivity index (χ0n) is 12.8. The molecule has 0 bridgehead atoms. The molecule has 1 aromatic rings. The molecule has 4 nitrogen and oxygen atoms in total. The SMILES string of the molecule is CC1(C)C2OCCCC2C1(N)C(=O)Nc1cccc(Cl)c1.Cl. The smallest absolute Gasteiger partial charge is 0.245 e. The number of nitrogens with one attached hydrogen (secondary N) is 1. The van der Waals surface area contributed by atoms with Crippen LogP contribution in [0.4, 0.5) is 5.69 Å². The van der Waals surface area contributed by atoms with E-state index >= 15 is 0 Å². The molecule has 1 aliphatic heterocycles. The standard InChI is InChI=1S/C16H21ClN2O2.ClH/c1-15(2)13-12(7-4-8-21-13)16(15,18)14(20)19-11-6-3-5-10(17)9-11;/h3,5-6,9,12-13H,4,7-8,18H2,1-2H3,(H,19,20);1H. The summed E-state index contributed by atoms with van der Waals surface area (Å²) in [7, 11) is 0. The van der Waals surface area contributed by atoms with Gasteiger partial charge in [0.15, 0.2) is 0 Å². The van der Waals surface area contributed by atoms with Crippen LogP contribution in [0.5, 0.6) is 0 Å². The molecule has 0 aromatic heterocycles. The molecule has 0 radical (unpaired) electrons. The van der Waals surface area contributed by atoms with Gasteiger partial charge < -0.3 is 15.8 Å². The van der Waals surface area contributed by atoms with E-state index in [-0.39, 0.29) is 35.8 Å². The lowest BCUT2D eigenvalue weighted by molar-refractivity contribution is -0.222. The maximum Gasteiger partial charge on any atom is 0.245 e. The number of rotatable bonds is 2. The van der Waals surface area contributed by atoms with Crippen molar-refractivity contribution in [3.63, 3.8) is 0 Å². The zero-order chi connectivity index (χ0) is 15.3. The van der Waals surface area contributed by atoms with Crippen molar-refractivity contribution in [2.75, 3.05) is 11.9 Å². The maximum atomic E-state index is 12.8. The lowest BCUT2D eigenvalue weighted by atomic mass is 9.46. The third-order valence-corrected chi connectivity index (χ3v) is 5.38. The van der Waals surface area contributed by atoms with Gasteiger partial charge in [-0.3, -0.25) is 4.79 Å². The molecule has 1 saturated carbocycles. The second kappa shape index (κ2) is 6.00. The molecule has 1 aliphatic carbocycles. The number of amides is 1. The highest BCUT2D eigenvalue weighted by Gasteiger charge is 2.70. The Bertz CT molecular complexity index is 579. The third kappa shape index (κ3) is 2.42. The molecule has 3 rings (SSSR count). The Balaban J connectivity index is 0.00000176. The van der Waals surface area contributed by atoms with E-state index in [9.17, 15) is 4.79 Å². The van der Waals surface area contributed by atoms with Crippen molar-refractivity contribution in [3.8, 4) is 0 Å². The minimum atomic E-state index is -0.902. The summed E-state index contributed by atoms with van der Waals surface area (Å²) in [5.74, 6) is -0.0676. The molecule has 1 saturated heterocycles. The van der Waals surface area contributed by atoms with Crippen LogP contribution in [-0.2, 0) is 9.53 Å². The molecule has 3 unspecified atom stereocenters. The Morgan fingerprint density at radius 3 is 2.86 bits per heavy atom. The van der Waals surface area contributed by atoms with Crippen LogP contribution in [0.1, 0.15) is 26.7 Å². The van der Waals surface area contributed by atoms with Crippen molar-refractivity contribution >= 4 is 35.6 Å². The highest BCUT2D eigenvalue weighted by molar-refractivity contribution is 6.30. The van der Waals surface area contributed by atoms with E-state index in [2.05, 4.69) is 5.32 Å². The van der Waals surface area contributed by atoms with Gasteiger partial charge in [-0.1, -0.05) is 31.5 Å². The number of fused-ring (bicyclic) bond motifs is 1. The Labute approximate surface area is 142 Å². The first-order chi connectivity index (χ1) is 9.87. The Hall–Kier alpha value is -0.810. The average molecular weight is 345 g/mol. The highest BCUT2D eigenvalue weighted by atomic mass is 35.5. The molecule has 1 aromatic carbocycles. The number of carbonyl (C=O) groups excluding carboxylic acids is 1. The van der Waals surface area contributed by atoms with Gasteiger partial charge in [0.2, 0.25) is 5.91 Å². The second-order valence-electron chi connectivity index (χ2n) is 6.60. The average Bonchev–Trinajstić information content (AvgIpc) is 2.46. The molecule has 22 heavy (non-hydrogen) atoms. The van der Waals surface area contributed by atoms with Gasteiger partial charge in [0, 0.05) is 28.6 Å². The number of nitrogens with two attached hydrogens (primary N) is 1. The van der Waals surface area contributed by atoms with Crippen LogP contribution in [-0.4, -0.2) is 24.2 Å². The minimum absolute atomic E-state index is 0. The highest BCUT2D eigenvalue weighted by Crippen LogP contribution is 2.57. The molecule has 3 atom stereocenters. The van der Waals surface area contributed by atoms with Crippen LogP contribution >= 0.6 is 24.0 Å². The van der Waals surface area contributed by atoms with E-state index in [1.54, 1.807) is 18.2 Å². The Kier molecular flexibility index (Phi) is 4.79. The summed E-state index contributed by atoms with van der Waals surface area (Å²) >= 11 is 5.95. The summed E-state index contributed by atoms with van der Waals surface area (Å²) in [5, 5.41) is 3.50. The largest absolute Gasteiger partial charge is 0.377 e. The minimum Gasteiger partial charge on any atom is -0.377 e. The molecule has 6 heteroatoms. The molecule has 2 fully saturated rings. The number of hydrogen-bond acceptors (Lipinski definition) is 3. The van der Waals surface area contributed by atoms with Gasteiger partial charge in [-0.15, -0.1) is 12.4 Å². The molecule has 0 spiro atoms. The van der Waals surface area contributed by atoms with E-state index in [0.29, 0.717) is 10.7 Å². The number of ether oxygens (including phenoxy) is 1. The number of carbonyl (C=O) groups is 1. The first-order valence-electron chi connectivity index (χ1n) is 7.35. The van der Waals surface area contributed by atoms with Crippen molar-refractivity contribution in [2.45, 2.75) is 38.3 Å². The van der Waals surface area contributed by atoms with Crippen molar-refractivity contribution in [2.24, 2.45) is 17.1 Å². The van der Waals surface area contributed by atoms with Gasteiger partial charge in [-0.05, 0) is 31.0 Å². The Morgan fingerprint density at radius 2 is 2.18 bits per heavy atom. The monoisotopic (exact) mass is 344 g/mol. The fourth-order valence-corrected chi connectivity index (χ4v) is 4.03. The Morgan fingerprint density at radius 1 is 1.45 bits per heavy atom. The van der Waals surface area contributed by atoms with Crippen LogP contribution in [0.15, 0.2) is 24.3 Å². The van der Waals surface area contributed by atoms with Gasteiger partial charge in [0.1, 0.15) is 5.54 Å².